The van der Waals surface area contributed by atoms with Crippen LogP contribution in [-0.2, 0) is 4.79 Å². The molecule has 0 aromatic rings. The van der Waals surface area contributed by atoms with E-state index in [-0.39, 0.29) is 0 Å². The molecule has 134 valence electrons. The van der Waals surface area contributed by atoms with Crippen molar-refractivity contribution in [1.82, 2.24) is 0 Å². The molecule has 0 aromatic carbocycles. The Bertz CT molecular complexity index is 339. The fourth-order valence-electron chi connectivity index (χ4n) is 4.29. The van der Waals surface area contributed by atoms with Gasteiger partial charge >= 0.3 is 150 Å². The minimum atomic E-state index is -2.11. The standard InChI is InChI=1S/C9H13O.3C4H9.Sn/c1-7(2)8-4-3-5-9(10)6-8;3*1-3-4-2;/h8H,1-6H2;3*1,3-4H2,2H3;. The van der Waals surface area contributed by atoms with Crippen LogP contribution in [0.4, 0.5) is 0 Å². The molecule has 1 nitrogen and oxygen atoms in total. The zero-order valence-electron chi connectivity index (χ0n) is 16.1. The van der Waals surface area contributed by atoms with Crippen LogP contribution in [0.2, 0.25) is 17.7 Å². The number of allylic oxidation sites excluding steroid dienone is 1. The first-order valence-corrected chi connectivity index (χ1v) is 18.3. The maximum atomic E-state index is 11.8. The predicted octanol–water partition coefficient (Wildman–Crippen LogP) is 7.15. The van der Waals surface area contributed by atoms with Gasteiger partial charge in [-0.05, 0) is 0 Å². The van der Waals surface area contributed by atoms with E-state index in [4.69, 9.17) is 0 Å². The summed E-state index contributed by atoms with van der Waals surface area (Å²) in [6, 6.07) is 0. The summed E-state index contributed by atoms with van der Waals surface area (Å²) >= 11 is -2.11. The summed E-state index contributed by atoms with van der Waals surface area (Å²) in [7, 11) is 0. The van der Waals surface area contributed by atoms with Gasteiger partial charge in [0.25, 0.3) is 0 Å². The molecule has 0 spiro atoms. The molecule has 2 heteroatoms. The predicted molar refractivity (Wildman–Crippen MR) is 106 cm³/mol. The molecule has 0 bridgehead atoms. The maximum absolute atomic E-state index is 11.8. The van der Waals surface area contributed by atoms with Gasteiger partial charge in [-0.2, -0.15) is 0 Å². The van der Waals surface area contributed by atoms with Gasteiger partial charge in [-0.15, -0.1) is 0 Å². The van der Waals surface area contributed by atoms with Gasteiger partial charge in [0.1, 0.15) is 0 Å². The van der Waals surface area contributed by atoms with Crippen molar-refractivity contribution in [3.05, 3.63) is 12.2 Å². The van der Waals surface area contributed by atoms with Crippen LogP contribution in [0, 0.1) is 5.92 Å². The van der Waals surface area contributed by atoms with Crippen LogP contribution in [0.1, 0.15) is 85.0 Å². The van der Waals surface area contributed by atoms with Gasteiger partial charge in [-0.3, -0.25) is 0 Å². The van der Waals surface area contributed by atoms with E-state index in [9.17, 15) is 4.79 Å². The Hall–Kier alpha value is 0.209. The Morgan fingerprint density at radius 3 is 2.00 bits per heavy atom. The van der Waals surface area contributed by atoms with Crippen molar-refractivity contribution in [3.63, 3.8) is 0 Å². The van der Waals surface area contributed by atoms with E-state index in [0.29, 0.717) is 11.7 Å². The van der Waals surface area contributed by atoms with Gasteiger partial charge in [-0.1, -0.05) is 0 Å². The Balaban J connectivity index is 2.77. The summed E-state index contributed by atoms with van der Waals surface area (Å²) in [5, 5.41) is 0. The second-order valence-corrected chi connectivity index (χ2v) is 21.8. The molecule has 1 aliphatic rings. The Morgan fingerprint density at radius 2 is 1.57 bits per heavy atom. The molecule has 1 atom stereocenters. The fraction of sp³-hybridized carbons (Fsp3) is 0.857. The average Bonchev–Trinajstić information content (AvgIpc) is 2.56. The van der Waals surface area contributed by atoms with Crippen molar-refractivity contribution in [2.75, 3.05) is 0 Å². The second kappa shape index (κ2) is 11.7. The molecule has 0 amide bonds. The second-order valence-electron chi connectivity index (χ2n) is 7.98. The molecule has 0 N–H and O–H groups in total. The first kappa shape index (κ1) is 21.3. The quantitative estimate of drug-likeness (QED) is 0.239. The normalized spacial score (nSPS) is 19.1. The SMILES string of the molecule is C=C([CH2][Sn]([CH2]CCC)([CH2]CCC)[CH2]CCC)C1CCCC(=O)C1. The van der Waals surface area contributed by atoms with Crippen LogP contribution in [0.25, 0.3) is 0 Å². The van der Waals surface area contributed by atoms with E-state index in [1.54, 1.807) is 13.3 Å². The summed E-state index contributed by atoms with van der Waals surface area (Å²) in [4.78, 5) is 11.8. The number of carbonyl (C=O) groups is 1. The molecule has 1 fully saturated rings. The number of hydrogen-bond donors (Lipinski definition) is 0. The van der Waals surface area contributed by atoms with Gasteiger partial charge in [0.15, 0.2) is 0 Å². The van der Waals surface area contributed by atoms with E-state index >= 15 is 0 Å². The van der Waals surface area contributed by atoms with Crippen molar-refractivity contribution in [3.8, 4) is 0 Å². The van der Waals surface area contributed by atoms with Crippen molar-refractivity contribution < 1.29 is 4.79 Å². The number of rotatable bonds is 12. The van der Waals surface area contributed by atoms with E-state index in [1.807, 2.05) is 0 Å². The zero-order chi connectivity index (χ0) is 17.1. The summed E-state index contributed by atoms with van der Waals surface area (Å²) in [5.41, 5.74) is 1.48. The summed E-state index contributed by atoms with van der Waals surface area (Å²) < 4.78 is 6.06. The van der Waals surface area contributed by atoms with E-state index in [2.05, 4.69) is 27.4 Å². The van der Waals surface area contributed by atoms with E-state index in [1.165, 1.54) is 55.0 Å². The van der Waals surface area contributed by atoms with Gasteiger partial charge < -0.3 is 0 Å². The van der Waals surface area contributed by atoms with Crippen LogP contribution in [0.15, 0.2) is 12.2 Å². The fourth-order valence-corrected chi connectivity index (χ4v) is 21.0. The molecule has 23 heavy (non-hydrogen) atoms. The molecule has 1 aliphatic carbocycles. The minimum absolute atomic E-state index is 0.485. The first-order valence-electron chi connectivity index (χ1n) is 10.3. The average molecular weight is 427 g/mol. The molecule has 0 radical (unpaired) electrons. The summed E-state index contributed by atoms with van der Waals surface area (Å²) in [6.45, 7) is 11.5. The number of unbranched alkanes of at least 4 members (excludes halogenated alkanes) is 3. The van der Waals surface area contributed by atoms with Crippen molar-refractivity contribution >= 4 is 24.2 Å². The third kappa shape index (κ3) is 7.75. The van der Waals surface area contributed by atoms with Crippen LogP contribution < -0.4 is 0 Å². The summed E-state index contributed by atoms with van der Waals surface area (Å²) in [6.07, 6.45) is 12.3. The monoisotopic (exact) mass is 428 g/mol. The number of carbonyl (C=O) groups excluding carboxylic acids is 1. The van der Waals surface area contributed by atoms with Crippen LogP contribution in [-0.4, -0.2) is 24.2 Å². The van der Waals surface area contributed by atoms with Crippen LogP contribution in [0.5, 0.6) is 0 Å². The molecular formula is C21H40OSn. The van der Waals surface area contributed by atoms with Crippen molar-refractivity contribution in [1.29, 1.82) is 0 Å². The number of Topliss-reactive ketones (excluding diaryl/α,β-unsaturated/α-hetero) is 1. The van der Waals surface area contributed by atoms with Gasteiger partial charge in [0.2, 0.25) is 0 Å². The van der Waals surface area contributed by atoms with Crippen molar-refractivity contribution in [2.45, 2.75) is 103 Å². The summed E-state index contributed by atoms with van der Waals surface area (Å²) in [5.74, 6) is 1.01. The number of ketones is 1. The topological polar surface area (TPSA) is 17.1 Å². The first-order chi connectivity index (χ1) is 11.1. The Kier molecular flexibility index (Phi) is 10.8. The zero-order valence-corrected chi connectivity index (χ0v) is 18.9. The van der Waals surface area contributed by atoms with E-state index in [0.717, 1.165) is 19.3 Å². The van der Waals surface area contributed by atoms with Crippen LogP contribution in [0.3, 0.4) is 0 Å². The molecular weight excluding hydrogens is 387 g/mol. The van der Waals surface area contributed by atoms with Crippen LogP contribution >= 0.6 is 0 Å². The van der Waals surface area contributed by atoms with Crippen molar-refractivity contribution in [2.24, 2.45) is 5.92 Å². The number of hydrogen-bond acceptors (Lipinski definition) is 1. The molecule has 0 saturated heterocycles. The molecule has 1 unspecified atom stereocenters. The Morgan fingerprint density at radius 1 is 1.04 bits per heavy atom. The Labute approximate surface area is 149 Å². The molecule has 0 aromatic heterocycles. The molecule has 0 aliphatic heterocycles. The molecule has 1 saturated carbocycles. The molecule has 1 rings (SSSR count). The van der Waals surface area contributed by atoms with E-state index < -0.39 is 18.4 Å². The third-order valence-corrected chi connectivity index (χ3v) is 21.4. The van der Waals surface area contributed by atoms with Gasteiger partial charge in [0, 0.05) is 0 Å². The third-order valence-electron chi connectivity index (χ3n) is 5.84. The molecule has 0 heterocycles. The van der Waals surface area contributed by atoms with Gasteiger partial charge in [-0.25, -0.2) is 0 Å². The van der Waals surface area contributed by atoms with Gasteiger partial charge in [0.05, 0.1) is 0 Å².